The maximum absolute atomic E-state index is 12.6. The van der Waals surface area contributed by atoms with Gasteiger partial charge in [0, 0.05) is 57.2 Å². The molecule has 0 atom stereocenters. The summed E-state index contributed by atoms with van der Waals surface area (Å²) in [6.07, 6.45) is 3.46. The van der Waals surface area contributed by atoms with Crippen LogP contribution in [0, 0.1) is 0 Å². The van der Waals surface area contributed by atoms with E-state index in [0.29, 0.717) is 12.1 Å². The lowest BCUT2D eigenvalue weighted by molar-refractivity contribution is 0.0627. The molecule has 0 bridgehead atoms. The summed E-state index contributed by atoms with van der Waals surface area (Å²) in [6.45, 7) is 4.35. The Hall–Kier alpha value is -1.44. The Labute approximate surface area is 172 Å². The molecule has 2 N–H and O–H groups in total. The van der Waals surface area contributed by atoms with E-state index in [-0.39, 0.29) is 43.1 Å². The number of hydrogen-bond acceptors (Lipinski definition) is 5. The lowest BCUT2D eigenvalue weighted by atomic mass is 10.2. The quantitative estimate of drug-likeness (QED) is 0.820. The maximum Gasteiger partial charge on any atom is 0.254 e. The highest BCUT2D eigenvalue weighted by atomic mass is 35.5. The molecule has 26 heavy (non-hydrogen) atoms. The van der Waals surface area contributed by atoms with Crippen LogP contribution in [-0.4, -0.2) is 51.9 Å². The molecule has 3 rings (SSSR count). The molecule has 0 saturated carbocycles. The Morgan fingerprint density at radius 2 is 1.65 bits per heavy atom. The normalized spacial score (nSPS) is 13.8. The van der Waals surface area contributed by atoms with Gasteiger partial charge in [-0.15, -0.1) is 37.2 Å². The average Bonchev–Trinajstić information content (AvgIpc) is 2.63. The molecule has 0 unspecified atom stereocenters. The molecule has 2 aromatic heterocycles. The Morgan fingerprint density at radius 1 is 0.962 bits per heavy atom. The number of carbonyl (C=O) groups excluding carboxylic acids is 1. The molecule has 0 radical (unpaired) electrons. The highest BCUT2D eigenvalue weighted by Crippen LogP contribution is 2.11. The van der Waals surface area contributed by atoms with Crippen molar-refractivity contribution < 1.29 is 4.79 Å². The van der Waals surface area contributed by atoms with Crippen molar-refractivity contribution in [3.63, 3.8) is 0 Å². The predicted octanol–water partition coefficient (Wildman–Crippen LogP) is 2.16. The number of pyridine rings is 2. The number of carbonyl (C=O) groups is 1. The first-order valence-electron chi connectivity index (χ1n) is 7.83. The lowest BCUT2D eigenvalue weighted by Gasteiger charge is -2.34. The summed E-state index contributed by atoms with van der Waals surface area (Å²) >= 11 is 0. The number of piperazine rings is 1. The molecule has 1 saturated heterocycles. The standard InChI is InChI=1S/C17H21N5O.3ClH/c18-12-16-11-14(4-6-20-16)17(23)22-9-7-21(8-10-22)13-15-3-1-2-5-19-15;;;/h1-6,11H,7-10,12-13,18H2;3*1H. The van der Waals surface area contributed by atoms with Gasteiger partial charge in [-0.2, -0.15) is 0 Å². The Balaban J connectivity index is 0.00000208. The maximum atomic E-state index is 12.6. The van der Waals surface area contributed by atoms with Gasteiger partial charge in [0.05, 0.1) is 11.4 Å². The molecule has 144 valence electrons. The minimum Gasteiger partial charge on any atom is -0.336 e. The van der Waals surface area contributed by atoms with Crippen LogP contribution < -0.4 is 5.73 Å². The fraction of sp³-hybridized carbons (Fsp3) is 0.353. The number of halogens is 3. The number of rotatable bonds is 4. The SMILES string of the molecule is Cl.Cl.Cl.NCc1cc(C(=O)N2CCN(Cc3ccccn3)CC2)ccn1. The van der Waals surface area contributed by atoms with Gasteiger partial charge in [0.2, 0.25) is 0 Å². The van der Waals surface area contributed by atoms with E-state index >= 15 is 0 Å². The van der Waals surface area contributed by atoms with Gasteiger partial charge in [0.1, 0.15) is 0 Å². The van der Waals surface area contributed by atoms with Gasteiger partial charge < -0.3 is 10.6 Å². The summed E-state index contributed by atoms with van der Waals surface area (Å²) in [5, 5.41) is 0. The smallest absolute Gasteiger partial charge is 0.254 e. The summed E-state index contributed by atoms with van der Waals surface area (Å²) in [7, 11) is 0. The van der Waals surface area contributed by atoms with E-state index in [4.69, 9.17) is 5.73 Å². The Bertz CT molecular complexity index is 666. The van der Waals surface area contributed by atoms with Crippen LogP contribution in [0.3, 0.4) is 0 Å². The number of aromatic nitrogens is 2. The second kappa shape index (κ2) is 12.0. The molecule has 1 aliphatic rings. The van der Waals surface area contributed by atoms with Crippen molar-refractivity contribution in [2.45, 2.75) is 13.1 Å². The minimum absolute atomic E-state index is 0. The molecule has 1 amide bonds. The van der Waals surface area contributed by atoms with Crippen LogP contribution in [0.15, 0.2) is 42.7 Å². The van der Waals surface area contributed by atoms with Gasteiger partial charge in [-0.05, 0) is 24.3 Å². The lowest BCUT2D eigenvalue weighted by Crippen LogP contribution is -2.48. The minimum atomic E-state index is 0. The number of nitrogens with two attached hydrogens (primary N) is 1. The molecule has 0 aliphatic carbocycles. The summed E-state index contributed by atoms with van der Waals surface area (Å²) in [4.78, 5) is 25.3. The van der Waals surface area contributed by atoms with Gasteiger partial charge >= 0.3 is 0 Å². The van der Waals surface area contributed by atoms with Gasteiger partial charge in [-0.1, -0.05) is 6.07 Å². The zero-order valence-corrected chi connectivity index (χ0v) is 16.7. The number of nitrogens with zero attached hydrogens (tertiary/aromatic N) is 4. The van der Waals surface area contributed by atoms with Crippen LogP contribution >= 0.6 is 37.2 Å². The average molecular weight is 421 g/mol. The third-order valence-electron chi connectivity index (χ3n) is 4.04. The molecule has 6 nitrogen and oxygen atoms in total. The molecule has 3 heterocycles. The summed E-state index contributed by atoms with van der Waals surface area (Å²) in [5.74, 6) is 0.0552. The van der Waals surface area contributed by atoms with Gasteiger partial charge in [0.25, 0.3) is 5.91 Å². The van der Waals surface area contributed by atoms with E-state index in [2.05, 4.69) is 14.9 Å². The van der Waals surface area contributed by atoms with Crippen molar-refractivity contribution in [3.8, 4) is 0 Å². The van der Waals surface area contributed by atoms with E-state index in [1.807, 2.05) is 29.3 Å². The first-order chi connectivity index (χ1) is 11.3. The van der Waals surface area contributed by atoms with E-state index in [1.165, 1.54) is 0 Å². The molecular weight excluding hydrogens is 397 g/mol. The zero-order valence-electron chi connectivity index (χ0n) is 14.3. The number of amides is 1. The van der Waals surface area contributed by atoms with Crippen LogP contribution in [0.4, 0.5) is 0 Å². The monoisotopic (exact) mass is 419 g/mol. The fourth-order valence-corrected chi connectivity index (χ4v) is 2.74. The highest BCUT2D eigenvalue weighted by molar-refractivity contribution is 5.94. The first-order valence-corrected chi connectivity index (χ1v) is 7.83. The van der Waals surface area contributed by atoms with Crippen molar-refractivity contribution in [1.29, 1.82) is 0 Å². The van der Waals surface area contributed by atoms with Crippen LogP contribution in [0.1, 0.15) is 21.7 Å². The Morgan fingerprint density at radius 3 is 2.27 bits per heavy atom. The first kappa shape index (κ1) is 24.6. The highest BCUT2D eigenvalue weighted by Gasteiger charge is 2.22. The van der Waals surface area contributed by atoms with E-state index < -0.39 is 0 Å². The second-order valence-corrected chi connectivity index (χ2v) is 5.63. The van der Waals surface area contributed by atoms with Gasteiger partial charge in [0.15, 0.2) is 0 Å². The van der Waals surface area contributed by atoms with Crippen LogP contribution in [0.5, 0.6) is 0 Å². The molecule has 0 spiro atoms. The fourth-order valence-electron chi connectivity index (χ4n) is 2.74. The van der Waals surface area contributed by atoms with Crippen molar-refractivity contribution in [2.24, 2.45) is 5.73 Å². The van der Waals surface area contributed by atoms with Crippen molar-refractivity contribution in [2.75, 3.05) is 26.2 Å². The molecule has 9 heteroatoms. The van der Waals surface area contributed by atoms with Crippen LogP contribution in [-0.2, 0) is 13.1 Å². The zero-order chi connectivity index (χ0) is 16.1. The van der Waals surface area contributed by atoms with Crippen molar-refractivity contribution >= 4 is 43.1 Å². The molecule has 2 aromatic rings. The van der Waals surface area contributed by atoms with Crippen LogP contribution in [0.2, 0.25) is 0 Å². The summed E-state index contributed by atoms with van der Waals surface area (Å²) < 4.78 is 0. The van der Waals surface area contributed by atoms with Crippen molar-refractivity contribution in [1.82, 2.24) is 19.8 Å². The third-order valence-corrected chi connectivity index (χ3v) is 4.04. The summed E-state index contributed by atoms with van der Waals surface area (Å²) in [5.41, 5.74) is 8.06. The Kier molecular flexibility index (Phi) is 11.4. The third kappa shape index (κ3) is 6.37. The number of hydrogen-bond donors (Lipinski definition) is 1. The van der Waals surface area contributed by atoms with Crippen LogP contribution in [0.25, 0.3) is 0 Å². The molecule has 1 fully saturated rings. The molecule has 0 aromatic carbocycles. The topological polar surface area (TPSA) is 75.4 Å². The van der Waals surface area contributed by atoms with E-state index in [0.717, 1.165) is 44.1 Å². The second-order valence-electron chi connectivity index (χ2n) is 5.63. The van der Waals surface area contributed by atoms with Crippen molar-refractivity contribution in [3.05, 3.63) is 59.7 Å². The molecule has 1 aliphatic heterocycles. The predicted molar refractivity (Wildman–Crippen MR) is 109 cm³/mol. The largest absolute Gasteiger partial charge is 0.336 e. The summed E-state index contributed by atoms with van der Waals surface area (Å²) in [6, 6.07) is 9.48. The van der Waals surface area contributed by atoms with Gasteiger partial charge in [-0.25, -0.2) is 0 Å². The van der Waals surface area contributed by atoms with Gasteiger partial charge in [-0.3, -0.25) is 19.7 Å². The molecular formula is C17H24Cl3N5O. The van der Waals surface area contributed by atoms with E-state index in [1.54, 1.807) is 18.3 Å². The van der Waals surface area contributed by atoms with E-state index in [9.17, 15) is 4.79 Å².